The molecule has 2 aromatic rings. The van der Waals surface area contributed by atoms with Gasteiger partial charge in [-0.25, -0.2) is 4.79 Å². The summed E-state index contributed by atoms with van der Waals surface area (Å²) in [4.78, 5) is 50.3. The first kappa shape index (κ1) is 20.3. The maximum absolute atomic E-state index is 12.7. The van der Waals surface area contributed by atoms with Crippen molar-refractivity contribution in [3.63, 3.8) is 0 Å². The van der Waals surface area contributed by atoms with E-state index < -0.39 is 18.5 Å². The van der Waals surface area contributed by atoms with Crippen molar-refractivity contribution in [1.29, 1.82) is 0 Å². The molecule has 0 atom stereocenters. The molecule has 150 valence electrons. The fourth-order valence-corrected chi connectivity index (χ4v) is 2.72. The number of ketones is 1. The number of nitrogens with one attached hydrogen (secondary N) is 1. The van der Waals surface area contributed by atoms with Gasteiger partial charge in [-0.15, -0.1) is 0 Å². The summed E-state index contributed by atoms with van der Waals surface area (Å²) in [6.07, 6.45) is 1.92. The first-order chi connectivity index (χ1) is 14.0. The van der Waals surface area contributed by atoms with Crippen LogP contribution in [0.5, 0.6) is 0 Å². The second-order valence-electron chi connectivity index (χ2n) is 6.91. The standard InChI is InChI=1S/C22H22N2O5/c1-24(13-19(25)23-16-11-12-16)20(26)14-29-22(28)18-10-6-5-9-17(18)21(27)15-7-3-2-4-8-15/h2-10,16H,11-14H2,1H3,(H,23,25). The molecule has 1 fully saturated rings. The van der Waals surface area contributed by atoms with Gasteiger partial charge in [0.05, 0.1) is 12.1 Å². The molecule has 1 aliphatic rings. The Kier molecular flexibility index (Phi) is 6.39. The van der Waals surface area contributed by atoms with Crippen LogP contribution >= 0.6 is 0 Å². The lowest BCUT2D eigenvalue weighted by atomic mass is 9.98. The van der Waals surface area contributed by atoms with Crippen molar-refractivity contribution >= 4 is 23.6 Å². The lowest BCUT2D eigenvalue weighted by molar-refractivity contribution is -0.137. The maximum Gasteiger partial charge on any atom is 0.339 e. The van der Waals surface area contributed by atoms with Crippen molar-refractivity contribution in [1.82, 2.24) is 10.2 Å². The molecule has 1 aliphatic carbocycles. The van der Waals surface area contributed by atoms with Gasteiger partial charge in [0.15, 0.2) is 12.4 Å². The summed E-state index contributed by atoms with van der Waals surface area (Å²) in [7, 11) is 1.47. The summed E-state index contributed by atoms with van der Waals surface area (Å²) < 4.78 is 5.10. The van der Waals surface area contributed by atoms with Crippen molar-refractivity contribution in [2.75, 3.05) is 20.2 Å². The molecule has 7 heteroatoms. The van der Waals surface area contributed by atoms with Gasteiger partial charge in [0.1, 0.15) is 0 Å². The van der Waals surface area contributed by atoms with Crippen LogP contribution in [-0.2, 0) is 14.3 Å². The third-order valence-electron chi connectivity index (χ3n) is 4.50. The fourth-order valence-electron chi connectivity index (χ4n) is 2.72. The number of carbonyl (C=O) groups excluding carboxylic acids is 4. The molecule has 0 aromatic heterocycles. The highest BCUT2D eigenvalue weighted by Gasteiger charge is 2.25. The van der Waals surface area contributed by atoms with E-state index in [1.54, 1.807) is 48.5 Å². The Morgan fingerprint density at radius 3 is 2.24 bits per heavy atom. The highest BCUT2D eigenvalue weighted by atomic mass is 16.5. The quantitative estimate of drug-likeness (QED) is 0.545. The van der Waals surface area contributed by atoms with Gasteiger partial charge in [-0.3, -0.25) is 14.4 Å². The Morgan fingerprint density at radius 2 is 1.59 bits per heavy atom. The molecule has 3 rings (SSSR count). The second-order valence-corrected chi connectivity index (χ2v) is 6.91. The number of hydrogen-bond donors (Lipinski definition) is 1. The van der Waals surface area contributed by atoms with Crippen LogP contribution in [0.1, 0.15) is 39.1 Å². The Morgan fingerprint density at radius 1 is 0.966 bits per heavy atom. The van der Waals surface area contributed by atoms with E-state index >= 15 is 0 Å². The molecular formula is C22H22N2O5. The normalized spacial score (nSPS) is 12.7. The van der Waals surface area contributed by atoms with Gasteiger partial charge in [0.2, 0.25) is 5.91 Å². The van der Waals surface area contributed by atoms with Crippen molar-refractivity contribution in [2.24, 2.45) is 0 Å². The van der Waals surface area contributed by atoms with Gasteiger partial charge in [0.25, 0.3) is 5.91 Å². The minimum atomic E-state index is -0.769. The molecule has 0 bridgehead atoms. The molecule has 7 nitrogen and oxygen atoms in total. The zero-order chi connectivity index (χ0) is 20.8. The number of amides is 2. The van der Waals surface area contributed by atoms with E-state index in [-0.39, 0.29) is 35.4 Å². The number of hydrogen-bond acceptors (Lipinski definition) is 5. The zero-order valence-corrected chi connectivity index (χ0v) is 16.1. The van der Waals surface area contributed by atoms with Crippen molar-refractivity contribution in [3.8, 4) is 0 Å². The Labute approximate surface area is 168 Å². The molecular weight excluding hydrogens is 372 g/mol. The van der Waals surface area contributed by atoms with Crippen molar-refractivity contribution in [3.05, 3.63) is 71.3 Å². The van der Waals surface area contributed by atoms with Gasteiger partial charge >= 0.3 is 5.97 Å². The summed E-state index contributed by atoms with van der Waals surface area (Å²) in [5, 5.41) is 2.79. The molecule has 0 unspecified atom stereocenters. The minimum Gasteiger partial charge on any atom is -0.452 e. The Balaban J connectivity index is 1.60. The number of nitrogens with zero attached hydrogens (tertiary/aromatic N) is 1. The van der Waals surface area contributed by atoms with Crippen molar-refractivity contribution in [2.45, 2.75) is 18.9 Å². The molecule has 1 N–H and O–H groups in total. The number of carbonyl (C=O) groups is 4. The predicted molar refractivity (Wildman–Crippen MR) is 105 cm³/mol. The number of likely N-dealkylation sites (N-methyl/N-ethyl adjacent to an activating group) is 1. The first-order valence-corrected chi connectivity index (χ1v) is 9.35. The Hall–Kier alpha value is -3.48. The summed E-state index contributed by atoms with van der Waals surface area (Å²) in [6, 6.07) is 15.1. The largest absolute Gasteiger partial charge is 0.452 e. The van der Waals surface area contributed by atoms with Crippen LogP contribution in [0.15, 0.2) is 54.6 Å². The van der Waals surface area contributed by atoms with Crippen LogP contribution in [0.2, 0.25) is 0 Å². The van der Waals surface area contributed by atoms with Crippen LogP contribution in [0, 0.1) is 0 Å². The topological polar surface area (TPSA) is 92.8 Å². The highest BCUT2D eigenvalue weighted by molar-refractivity contribution is 6.14. The van der Waals surface area contributed by atoms with Gasteiger partial charge in [0, 0.05) is 24.2 Å². The third-order valence-corrected chi connectivity index (χ3v) is 4.50. The number of benzene rings is 2. The summed E-state index contributed by atoms with van der Waals surface area (Å²) in [6.45, 7) is -0.615. The smallest absolute Gasteiger partial charge is 0.339 e. The number of rotatable bonds is 8. The number of esters is 1. The van der Waals surface area contributed by atoms with Crippen LogP contribution in [-0.4, -0.2) is 54.7 Å². The first-order valence-electron chi connectivity index (χ1n) is 9.35. The van der Waals surface area contributed by atoms with Crippen molar-refractivity contribution < 1.29 is 23.9 Å². The van der Waals surface area contributed by atoms with Gasteiger partial charge < -0.3 is 15.0 Å². The van der Waals surface area contributed by atoms with E-state index in [1.807, 2.05) is 0 Å². The summed E-state index contributed by atoms with van der Waals surface area (Å²) in [5.74, 6) is -1.82. The van der Waals surface area contributed by atoms with Gasteiger partial charge in [-0.05, 0) is 18.9 Å². The van der Waals surface area contributed by atoms with Crippen LogP contribution < -0.4 is 5.32 Å². The number of ether oxygens (including phenoxy) is 1. The average molecular weight is 394 g/mol. The third kappa shape index (κ3) is 5.51. The van der Waals surface area contributed by atoms with E-state index in [9.17, 15) is 19.2 Å². The SMILES string of the molecule is CN(CC(=O)NC1CC1)C(=O)COC(=O)c1ccccc1C(=O)c1ccccc1. The lowest BCUT2D eigenvalue weighted by Gasteiger charge is -2.17. The molecule has 2 amide bonds. The zero-order valence-electron chi connectivity index (χ0n) is 16.1. The molecule has 0 spiro atoms. The molecule has 0 heterocycles. The molecule has 1 saturated carbocycles. The molecule has 2 aromatic carbocycles. The van der Waals surface area contributed by atoms with E-state index in [2.05, 4.69) is 5.32 Å². The predicted octanol–water partition coefficient (Wildman–Crippen LogP) is 1.81. The Bertz CT molecular complexity index is 922. The van der Waals surface area contributed by atoms with Crippen LogP contribution in [0.3, 0.4) is 0 Å². The van der Waals surface area contributed by atoms with E-state index in [0.29, 0.717) is 5.56 Å². The minimum absolute atomic E-state index is 0.0864. The monoisotopic (exact) mass is 394 g/mol. The lowest BCUT2D eigenvalue weighted by Crippen LogP contribution is -2.40. The second kappa shape index (κ2) is 9.14. The fraction of sp³-hybridized carbons (Fsp3) is 0.273. The highest BCUT2D eigenvalue weighted by Crippen LogP contribution is 2.18. The van der Waals surface area contributed by atoms with E-state index in [0.717, 1.165) is 12.8 Å². The van der Waals surface area contributed by atoms with Gasteiger partial charge in [-0.1, -0.05) is 48.5 Å². The summed E-state index contributed by atoms with van der Waals surface area (Å²) >= 11 is 0. The average Bonchev–Trinajstić information content (AvgIpc) is 3.55. The van der Waals surface area contributed by atoms with Crippen LogP contribution in [0.4, 0.5) is 0 Å². The van der Waals surface area contributed by atoms with Crippen LogP contribution in [0.25, 0.3) is 0 Å². The molecule has 0 aliphatic heterocycles. The van der Waals surface area contributed by atoms with E-state index in [1.165, 1.54) is 18.0 Å². The van der Waals surface area contributed by atoms with Gasteiger partial charge in [-0.2, -0.15) is 0 Å². The molecule has 0 radical (unpaired) electrons. The maximum atomic E-state index is 12.7. The molecule has 0 saturated heterocycles. The van der Waals surface area contributed by atoms with E-state index in [4.69, 9.17) is 4.74 Å². The summed E-state index contributed by atoms with van der Waals surface area (Å²) in [5.41, 5.74) is 0.738. The molecule has 29 heavy (non-hydrogen) atoms.